The van der Waals surface area contributed by atoms with E-state index in [1.54, 1.807) is 26.2 Å². The van der Waals surface area contributed by atoms with Gasteiger partial charge in [-0.2, -0.15) is 13.2 Å². The number of piperazine rings is 1. The quantitative estimate of drug-likeness (QED) is 0.643. The molecule has 3 rings (SSSR count). The fourth-order valence-corrected chi connectivity index (χ4v) is 3.78. The molecule has 1 heterocycles. The summed E-state index contributed by atoms with van der Waals surface area (Å²) in [6.07, 6.45) is -4.29. The van der Waals surface area contributed by atoms with Gasteiger partial charge in [-0.3, -0.25) is 9.69 Å². The average Bonchev–Trinajstić information content (AvgIpc) is 2.78. The Morgan fingerprint density at radius 2 is 1.50 bits per heavy atom. The van der Waals surface area contributed by atoms with Gasteiger partial charge in [-0.05, 0) is 23.8 Å². The summed E-state index contributed by atoms with van der Waals surface area (Å²) in [5.74, 6) is 1.66. The number of hydrogen-bond donors (Lipinski definition) is 0. The minimum atomic E-state index is -4.38. The van der Waals surface area contributed by atoms with Gasteiger partial charge < -0.3 is 19.1 Å². The van der Waals surface area contributed by atoms with E-state index in [1.807, 2.05) is 12.1 Å². The largest absolute Gasteiger partial charge is 0.493 e. The number of methoxy groups -OCH3 is 3. The van der Waals surface area contributed by atoms with Gasteiger partial charge in [0, 0.05) is 38.3 Å². The van der Waals surface area contributed by atoms with Crippen LogP contribution in [0.1, 0.15) is 16.7 Å². The minimum absolute atomic E-state index is 0.0850. The normalized spacial score (nSPS) is 14.9. The predicted molar refractivity (Wildman–Crippen MR) is 113 cm³/mol. The molecule has 0 aromatic heterocycles. The van der Waals surface area contributed by atoms with E-state index in [1.165, 1.54) is 12.1 Å². The number of halogens is 3. The van der Waals surface area contributed by atoms with E-state index in [4.69, 9.17) is 14.2 Å². The van der Waals surface area contributed by atoms with E-state index in [2.05, 4.69) is 4.90 Å². The van der Waals surface area contributed by atoms with Crippen LogP contribution in [-0.4, -0.2) is 63.2 Å². The van der Waals surface area contributed by atoms with Crippen LogP contribution in [0.3, 0.4) is 0 Å². The van der Waals surface area contributed by atoms with Crippen molar-refractivity contribution in [3.63, 3.8) is 0 Å². The lowest BCUT2D eigenvalue weighted by molar-refractivity contribution is -0.137. The second kappa shape index (κ2) is 10.1. The molecule has 2 aromatic rings. The van der Waals surface area contributed by atoms with Crippen molar-refractivity contribution in [2.45, 2.75) is 19.1 Å². The molecule has 0 saturated carbocycles. The number of alkyl halides is 3. The number of hydrogen-bond acceptors (Lipinski definition) is 5. The van der Waals surface area contributed by atoms with Crippen LogP contribution in [0, 0.1) is 0 Å². The number of carbonyl (C=O) groups is 1. The summed E-state index contributed by atoms with van der Waals surface area (Å²) >= 11 is 0. The fraction of sp³-hybridized carbons (Fsp3) is 0.435. The third kappa shape index (κ3) is 5.45. The monoisotopic (exact) mass is 452 g/mol. The van der Waals surface area contributed by atoms with E-state index in [9.17, 15) is 18.0 Å². The molecule has 32 heavy (non-hydrogen) atoms. The van der Waals surface area contributed by atoms with Crippen LogP contribution in [0.2, 0.25) is 0 Å². The van der Waals surface area contributed by atoms with Gasteiger partial charge >= 0.3 is 6.18 Å². The van der Waals surface area contributed by atoms with Crippen molar-refractivity contribution in [1.29, 1.82) is 0 Å². The van der Waals surface area contributed by atoms with Gasteiger partial charge in [0.05, 0.1) is 33.3 Å². The first-order valence-electron chi connectivity index (χ1n) is 10.2. The van der Waals surface area contributed by atoms with Gasteiger partial charge in [0.1, 0.15) is 0 Å². The summed E-state index contributed by atoms with van der Waals surface area (Å²) in [7, 11) is 4.71. The standard InChI is InChI=1S/C23H27F3N2O4/c1-30-19-9-6-17(21(31-2)22(19)32-3)15-27-10-12-28(13-11-27)20(29)14-16-4-7-18(8-5-16)23(24,25)26/h4-9H,10-15H2,1-3H3. The Kier molecular flexibility index (Phi) is 7.50. The summed E-state index contributed by atoms with van der Waals surface area (Å²) in [6.45, 7) is 3.08. The summed E-state index contributed by atoms with van der Waals surface area (Å²) in [5, 5.41) is 0. The molecule has 1 aliphatic rings. The maximum absolute atomic E-state index is 12.7. The summed E-state index contributed by atoms with van der Waals surface area (Å²) in [4.78, 5) is 16.6. The molecule has 0 radical (unpaired) electrons. The molecule has 1 saturated heterocycles. The van der Waals surface area contributed by atoms with Crippen LogP contribution in [-0.2, 0) is 23.9 Å². The number of nitrogens with zero attached hydrogens (tertiary/aromatic N) is 2. The Morgan fingerprint density at radius 1 is 0.875 bits per heavy atom. The lowest BCUT2D eigenvalue weighted by Crippen LogP contribution is -2.48. The summed E-state index contributed by atoms with van der Waals surface area (Å²) < 4.78 is 54.4. The zero-order valence-electron chi connectivity index (χ0n) is 18.4. The van der Waals surface area contributed by atoms with Gasteiger partial charge in [0.15, 0.2) is 11.5 Å². The first-order chi connectivity index (χ1) is 15.3. The number of rotatable bonds is 7. The molecular formula is C23H27F3N2O4. The van der Waals surface area contributed by atoms with E-state index < -0.39 is 11.7 Å². The van der Waals surface area contributed by atoms with Gasteiger partial charge in [0.25, 0.3) is 0 Å². The Labute approximate surface area is 185 Å². The number of carbonyl (C=O) groups excluding carboxylic acids is 1. The highest BCUT2D eigenvalue weighted by molar-refractivity contribution is 5.79. The second-order valence-electron chi connectivity index (χ2n) is 7.52. The molecule has 0 spiro atoms. The van der Waals surface area contributed by atoms with Crippen molar-refractivity contribution < 1.29 is 32.2 Å². The molecule has 2 aromatic carbocycles. The van der Waals surface area contributed by atoms with Crippen molar-refractivity contribution >= 4 is 5.91 Å². The molecule has 9 heteroatoms. The predicted octanol–water partition coefficient (Wildman–Crippen LogP) is 3.62. The third-order valence-corrected chi connectivity index (χ3v) is 5.54. The molecule has 0 unspecified atom stereocenters. The molecule has 0 bridgehead atoms. The topological polar surface area (TPSA) is 51.2 Å². The fourth-order valence-electron chi connectivity index (χ4n) is 3.78. The van der Waals surface area contributed by atoms with Crippen LogP contribution in [0.25, 0.3) is 0 Å². The van der Waals surface area contributed by atoms with E-state index in [0.717, 1.165) is 17.7 Å². The van der Waals surface area contributed by atoms with Crippen LogP contribution in [0.15, 0.2) is 36.4 Å². The molecule has 1 amide bonds. The SMILES string of the molecule is COc1ccc(CN2CCN(C(=O)Cc3ccc(C(F)(F)F)cc3)CC2)c(OC)c1OC. The van der Waals surface area contributed by atoms with Crippen LogP contribution >= 0.6 is 0 Å². The highest BCUT2D eigenvalue weighted by atomic mass is 19.4. The maximum Gasteiger partial charge on any atom is 0.416 e. The lowest BCUT2D eigenvalue weighted by Gasteiger charge is -2.35. The van der Waals surface area contributed by atoms with Crippen molar-refractivity contribution in [1.82, 2.24) is 9.80 Å². The first kappa shape index (κ1) is 23.7. The Morgan fingerprint density at radius 3 is 2.03 bits per heavy atom. The number of amides is 1. The highest BCUT2D eigenvalue weighted by Crippen LogP contribution is 2.40. The smallest absolute Gasteiger partial charge is 0.416 e. The van der Waals surface area contributed by atoms with Crippen molar-refractivity contribution in [2.75, 3.05) is 47.5 Å². The average molecular weight is 452 g/mol. The zero-order valence-corrected chi connectivity index (χ0v) is 18.4. The van der Waals surface area contributed by atoms with E-state index in [-0.39, 0.29) is 12.3 Å². The zero-order chi connectivity index (χ0) is 23.3. The number of ether oxygens (including phenoxy) is 3. The molecule has 174 valence electrons. The Balaban J connectivity index is 1.57. The number of benzene rings is 2. The van der Waals surface area contributed by atoms with Gasteiger partial charge in [-0.15, -0.1) is 0 Å². The van der Waals surface area contributed by atoms with E-state index in [0.29, 0.717) is 55.5 Å². The van der Waals surface area contributed by atoms with Crippen molar-refractivity contribution in [2.24, 2.45) is 0 Å². The Bertz CT molecular complexity index is 924. The molecule has 6 nitrogen and oxygen atoms in total. The lowest BCUT2D eigenvalue weighted by atomic mass is 10.1. The maximum atomic E-state index is 12.7. The van der Waals surface area contributed by atoms with Crippen molar-refractivity contribution in [3.05, 3.63) is 53.1 Å². The highest BCUT2D eigenvalue weighted by Gasteiger charge is 2.30. The van der Waals surface area contributed by atoms with Crippen LogP contribution in [0.5, 0.6) is 17.2 Å². The second-order valence-corrected chi connectivity index (χ2v) is 7.52. The van der Waals surface area contributed by atoms with Crippen molar-refractivity contribution in [3.8, 4) is 17.2 Å². The molecule has 1 fully saturated rings. The summed E-state index contributed by atoms with van der Waals surface area (Å²) in [5.41, 5.74) is 0.808. The van der Waals surface area contributed by atoms with Gasteiger partial charge in [-0.1, -0.05) is 18.2 Å². The van der Waals surface area contributed by atoms with E-state index >= 15 is 0 Å². The van der Waals surface area contributed by atoms with Gasteiger partial charge in [-0.25, -0.2) is 0 Å². The van der Waals surface area contributed by atoms with Crippen LogP contribution in [0.4, 0.5) is 13.2 Å². The minimum Gasteiger partial charge on any atom is -0.493 e. The van der Waals surface area contributed by atoms with Gasteiger partial charge in [0.2, 0.25) is 11.7 Å². The Hall–Kier alpha value is -2.94. The first-order valence-corrected chi connectivity index (χ1v) is 10.2. The molecule has 0 N–H and O–H groups in total. The van der Waals surface area contributed by atoms with Crippen LogP contribution < -0.4 is 14.2 Å². The molecule has 1 aliphatic heterocycles. The summed E-state index contributed by atoms with van der Waals surface area (Å²) in [6, 6.07) is 8.51. The molecule has 0 aliphatic carbocycles. The molecular weight excluding hydrogens is 425 g/mol. The third-order valence-electron chi connectivity index (χ3n) is 5.54. The molecule has 0 atom stereocenters.